The second-order valence-electron chi connectivity index (χ2n) is 7.80. The molecule has 4 aromatic rings. The Kier molecular flexibility index (Phi) is 7.96. The minimum Gasteiger partial charge on any atom is -0.493 e. The van der Waals surface area contributed by atoms with Crippen LogP contribution < -0.4 is 14.9 Å². The summed E-state index contributed by atoms with van der Waals surface area (Å²) in [5, 5.41) is 13.6. The molecule has 0 spiro atoms. The molecule has 10 heteroatoms. The minimum absolute atomic E-state index is 0.114. The Hall–Kier alpha value is -4.18. The lowest BCUT2D eigenvalue weighted by molar-refractivity contribution is -0.118. The summed E-state index contributed by atoms with van der Waals surface area (Å²) in [6.45, 7) is 3.84. The van der Waals surface area contributed by atoms with Crippen LogP contribution in [0.15, 0.2) is 77.2 Å². The van der Waals surface area contributed by atoms with Crippen LogP contribution >= 0.6 is 11.8 Å². The van der Waals surface area contributed by atoms with Gasteiger partial charge in [-0.2, -0.15) is 5.10 Å². The summed E-state index contributed by atoms with van der Waals surface area (Å²) in [6.07, 6.45) is 3.42. The lowest BCUT2D eigenvalue weighted by Crippen LogP contribution is -2.21. The number of hydrazone groups is 1. The Morgan fingerprint density at radius 3 is 2.42 bits per heavy atom. The molecule has 0 radical (unpaired) electrons. The molecule has 9 nitrogen and oxygen atoms in total. The molecule has 2 aromatic carbocycles. The molecule has 0 atom stereocenters. The molecule has 2 aromatic heterocycles. The highest BCUT2D eigenvalue weighted by molar-refractivity contribution is 7.99. The molecule has 0 saturated carbocycles. The number of aromatic nitrogens is 4. The second-order valence-corrected chi connectivity index (χ2v) is 8.75. The fourth-order valence-corrected chi connectivity index (χ4v) is 4.16. The Bertz CT molecular complexity index is 1370. The number of aryl methyl sites for hydroxylation is 1. The van der Waals surface area contributed by atoms with Crippen LogP contribution in [0.1, 0.15) is 18.1 Å². The highest BCUT2D eigenvalue weighted by Gasteiger charge is 2.17. The van der Waals surface area contributed by atoms with Crippen molar-refractivity contribution in [2.24, 2.45) is 5.10 Å². The van der Waals surface area contributed by atoms with Crippen LogP contribution in [0, 0.1) is 6.92 Å². The smallest absolute Gasteiger partial charge is 0.250 e. The van der Waals surface area contributed by atoms with Gasteiger partial charge in [0.05, 0.1) is 25.7 Å². The average molecular weight is 503 g/mol. The van der Waals surface area contributed by atoms with Gasteiger partial charge in [-0.1, -0.05) is 29.5 Å². The average Bonchev–Trinajstić information content (AvgIpc) is 3.35. The fourth-order valence-electron chi connectivity index (χ4n) is 3.41. The predicted octanol–water partition coefficient (Wildman–Crippen LogP) is 4.29. The van der Waals surface area contributed by atoms with Crippen molar-refractivity contribution in [3.05, 3.63) is 78.1 Å². The Morgan fingerprint density at radius 2 is 1.72 bits per heavy atom. The first-order valence-corrected chi connectivity index (χ1v) is 12.1. The van der Waals surface area contributed by atoms with Crippen LogP contribution in [0.5, 0.6) is 11.5 Å². The number of hydrogen-bond acceptors (Lipinski definition) is 8. The Balaban J connectivity index is 1.49. The molecule has 0 aliphatic heterocycles. The van der Waals surface area contributed by atoms with Gasteiger partial charge in [-0.25, -0.2) is 5.43 Å². The van der Waals surface area contributed by atoms with Gasteiger partial charge in [-0.3, -0.25) is 14.3 Å². The van der Waals surface area contributed by atoms with Crippen LogP contribution in [0.3, 0.4) is 0 Å². The Morgan fingerprint density at radius 1 is 1.00 bits per heavy atom. The molecular weight excluding hydrogens is 476 g/mol. The van der Waals surface area contributed by atoms with Crippen LogP contribution in [-0.4, -0.2) is 51.3 Å². The molecule has 1 amide bonds. The van der Waals surface area contributed by atoms with Crippen molar-refractivity contribution in [3.8, 4) is 28.6 Å². The summed E-state index contributed by atoms with van der Waals surface area (Å²) in [5.41, 5.74) is 6.99. The van der Waals surface area contributed by atoms with Crippen LogP contribution in [0.2, 0.25) is 0 Å². The molecule has 184 valence electrons. The third-order valence-corrected chi connectivity index (χ3v) is 6.27. The number of nitrogens with zero attached hydrogens (tertiary/aromatic N) is 5. The van der Waals surface area contributed by atoms with Gasteiger partial charge in [0.1, 0.15) is 0 Å². The van der Waals surface area contributed by atoms with Gasteiger partial charge in [-0.15, -0.1) is 10.2 Å². The molecule has 1 N–H and O–H groups in total. The predicted molar refractivity (Wildman–Crippen MR) is 140 cm³/mol. The summed E-state index contributed by atoms with van der Waals surface area (Å²) in [4.78, 5) is 16.7. The van der Waals surface area contributed by atoms with E-state index in [1.54, 1.807) is 32.7 Å². The SMILES string of the molecule is COc1ccc(C(C)=NNC(=O)CSc2nnc(-c3ccncc3)n2-c2ccc(C)cc2)cc1OC. The number of carbonyl (C=O) groups is 1. The molecule has 0 bridgehead atoms. The van der Waals surface area contributed by atoms with Crippen molar-refractivity contribution < 1.29 is 14.3 Å². The van der Waals surface area contributed by atoms with Crippen LogP contribution in [-0.2, 0) is 4.79 Å². The molecule has 0 saturated heterocycles. The van der Waals surface area contributed by atoms with Gasteiger partial charge < -0.3 is 9.47 Å². The number of amides is 1. The van der Waals surface area contributed by atoms with E-state index >= 15 is 0 Å². The van der Waals surface area contributed by atoms with Gasteiger partial charge in [0.2, 0.25) is 0 Å². The van der Waals surface area contributed by atoms with Crippen molar-refractivity contribution in [1.29, 1.82) is 0 Å². The van der Waals surface area contributed by atoms with Gasteiger partial charge >= 0.3 is 0 Å². The largest absolute Gasteiger partial charge is 0.493 e. The minimum atomic E-state index is -0.260. The van der Waals surface area contributed by atoms with E-state index in [0.29, 0.717) is 28.2 Å². The normalized spacial score (nSPS) is 11.3. The van der Waals surface area contributed by atoms with E-state index in [0.717, 1.165) is 22.4 Å². The number of rotatable bonds is 9. The van der Waals surface area contributed by atoms with Crippen molar-refractivity contribution in [3.63, 3.8) is 0 Å². The van der Waals surface area contributed by atoms with E-state index in [9.17, 15) is 4.79 Å². The highest BCUT2D eigenvalue weighted by Crippen LogP contribution is 2.29. The third kappa shape index (κ3) is 5.72. The van der Waals surface area contributed by atoms with E-state index in [-0.39, 0.29) is 11.7 Å². The van der Waals surface area contributed by atoms with E-state index < -0.39 is 0 Å². The maximum absolute atomic E-state index is 12.6. The molecule has 36 heavy (non-hydrogen) atoms. The number of ether oxygens (including phenoxy) is 2. The van der Waals surface area contributed by atoms with Crippen molar-refractivity contribution in [2.45, 2.75) is 19.0 Å². The van der Waals surface area contributed by atoms with Crippen molar-refractivity contribution in [1.82, 2.24) is 25.2 Å². The molecule has 0 aliphatic rings. The summed E-state index contributed by atoms with van der Waals surface area (Å²) in [7, 11) is 3.15. The number of benzene rings is 2. The zero-order valence-electron chi connectivity index (χ0n) is 20.4. The lowest BCUT2D eigenvalue weighted by Gasteiger charge is -2.11. The standard InChI is InChI=1S/C26H26N6O3S/c1-17-5-8-21(9-6-17)32-25(19-11-13-27-14-12-19)30-31-26(32)36-16-24(33)29-28-18(2)20-7-10-22(34-3)23(15-20)35-4/h5-15H,16H2,1-4H3,(H,29,33). The zero-order valence-corrected chi connectivity index (χ0v) is 21.2. The number of hydrogen-bond donors (Lipinski definition) is 1. The highest BCUT2D eigenvalue weighted by atomic mass is 32.2. The van der Waals surface area contributed by atoms with Gasteiger partial charge in [0, 0.05) is 29.2 Å². The summed E-state index contributed by atoms with van der Waals surface area (Å²) >= 11 is 1.28. The topological polar surface area (TPSA) is 104 Å². The Labute approximate surface area is 213 Å². The third-order valence-electron chi connectivity index (χ3n) is 5.35. The first kappa shape index (κ1) is 24.9. The summed E-state index contributed by atoms with van der Waals surface area (Å²) in [5.74, 6) is 1.74. The van der Waals surface area contributed by atoms with Crippen molar-refractivity contribution >= 4 is 23.4 Å². The fraction of sp³-hybridized carbons (Fsp3) is 0.192. The van der Waals surface area contributed by atoms with Crippen LogP contribution in [0.25, 0.3) is 17.1 Å². The van der Waals surface area contributed by atoms with E-state index in [1.807, 2.05) is 66.9 Å². The number of methoxy groups -OCH3 is 2. The second kappa shape index (κ2) is 11.5. The zero-order chi connectivity index (χ0) is 25.5. The quantitative estimate of drug-likeness (QED) is 0.207. The summed E-state index contributed by atoms with van der Waals surface area (Å²) < 4.78 is 12.5. The molecule has 4 rings (SSSR count). The van der Waals surface area contributed by atoms with E-state index in [1.165, 1.54) is 11.8 Å². The first-order valence-electron chi connectivity index (χ1n) is 11.1. The van der Waals surface area contributed by atoms with Gasteiger partial charge in [0.25, 0.3) is 5.91 Å². The molecular formula is C26H26N6O3S. The molecule has 0 unspecified atom stereocenters. The maximum Gasteiger partial charge on any atom is 0.250 e. The summed E-state index contributed by atoms with van der Waals surface area (Å²) in [6, 6.07) is 17.3. The molecule has 0 aliphatic carbocycles. The number of thioether (sulfide) groups is 1. The first-order chi connectivity index (χ1) is 17.5. The van der Waals surface area contributed by atoms with Gasteiger partial charge in [-0.05, 0) is 56.3 Å². The van der Waals surface area contributed by atoms with E-state index in [4.69, 9.17) is 9.47 Å². The van der Waals surface area contributed by atoms with E-state index in [2.05, 4.69) is 25.7 Å². The molecule has 0 fully saturated rings. The number of carbonyl (C=O) groups excluding carboxylic acids is 1. The van der Waals surface area contributed by atoms with Gasteiger partial charge in [0.15, 0.2) is 22.5 Å². The van der Waals surface area contributed by atoms with Crippen molar-refractivity contribution in [2.75, 3.05) is 20.0 Å². The molecule has 2 heterocycles. The lowest BCUT2D eigenvalue weighted by atomic mass is 10.1. The van der Waals surface area contributed by atoms with Crippen LogP contribution in [0.4, 0.5) is 0 Å². The number of nitrogens with one attached hydrogen (secondary N) is 1. The monoisotopic (exact) mass is 502 g/mol. The number of pyridine rings is 1. The maximum atomic E-state index is 12.6.